The highest BCUT2D eigenvalue weighted by molar-refractivity contribution is 5.94. The van der Waals surface area contributed by atoms with E-state index in [1.165, 1.54) is 72.3 Å². The molecule has 10 aromatic carbocycles. The SMILES string of the molecule is C=C1/C=C(c2ccccc2)\C=C/CN(c2ccccc2)c2ccc(-c3ccc(N(c4ccc(-c5ccc6c(c5)C(C)(C)c5ccccc5-6)cc4)c4ccc(-c5ccc6c(c5)C(C)(C)c5ccccc5-6)cc4)cc3)cc21. The summed E-state index contributed by atoms with van der Waals surface area (Å²) in [6, 6.07) is 87.2. The fourth-order valence-electron chi connectivity index (χ4n) is 12.2. The Morgan fingerprint density at radius 3 is 1.29 bits per heavy atom. The number of para-hydroxylation sites is 1. The van der Waals surface area contributed by atoms with Gasteiger partial charge in [-0.1, -0.05) is 210 Å². The van der Waals surface area contributed by atoms with Crippen molar-refractivity contribution in [3.63, 3.8) is 0 Å². The van der Waals surface area contributed by atoms with Gasteiger partial charge in [-0.25, -0.2) is 0 Å². The lowest BCUT2D eigenvalue weighted by Crippen LogP contribution is -2.18. The summed E-state index contributed by atoms with van der Waals surface area (Å²) in [4.78, 5) is 4.77. The van der Waals surface area contributed by atoms with Crippen LogP contribution in [-0.4, -0.2) is 6.54 Å². The first kappa shape index (κ1) is 45.9. The second-order valence-electron chi connectivity index (χ2n) is 21.4. The van der Waals surface area contributed by atoms with Crippen LogP contribution in [0, 0.1) is 0 Å². The van der Waals surface area contributed by atoms with Gasteiger partial charge in [-0.3, -0.25) is 0 Å². The van der Waals surface area contributed by atoms with E-state index in [0.717, 1.165) is 62.8 Å². The molecule has 0 N–H and O–H groups in total. The normalized spacial score (nSPS) is 15.7. The van der Waals surface area contributed by atoms with E-state index in [1.54, 1.807) is 0 Å². The van der Waals surface area contributed by atoms with Crippen molar-refractivity contribution in [3.8, 4) is 55.6 Å². The molecule has 0 aromatic heterocycles. The molecular formula is C73H58N2. The molecule has 0 saturated carbocycles. The highest BCUT2D eigenvalue weighted by Gasteiger charge is 2.36. The minimum atomic E-state index is -0.0634. The Labute approximate surface area is 442 Å². The van der Waals surface area contributed by atoms with Gasteiger partial charge in [-0.2, -0.15) is 0 Å². The van der Waals surface area contributed by atoms with Gasteiger partial charge >= 0.3 is 0 Å². The minimum absolute atomic E-state index is 0.0634. The first-order valence-electron chi connectivity index (χ1n) is 26.3. The van der Waals surface area contributed by atoms with Gasteiger partial charge in [-0.05, 0) is 173 Å². The Bertz CT molecular complexity index is 3740. The highest BCUT2D eigenvalue weighted by Crippen LogP contribution is 2.51. The van der Waals surface area contributed by atoms with Crippen LogP contribution in [0.25, 0.3) is 66.8 Å². The average molecular weight is 963 g/mol. The lowest BCUT2D eigenvalue weighted by molar-refractivity contribution is 0.660. The maximum atomic E-state index is 4.71. The molecule has 2 heteroatoms. The molecule has 0 radical (unpaired) electrons. The molecule has 2 aliphatic carbocycles. The lowest BCUT2D eigenvalue weighted by Gasteiger charge is -2.27. The molecule has 13 rings (SSSR count). The summed E-state index contributed by atoms with van der Waals surface area (Å²) < 4.78 is 0. The molecule has 0 fully saturated rings. The second-order valence-corrected chi connectivity index (χ2v) is 21.4. The summed E-state index contributed by atoms with van der Waals surface area (Å²) in [6.07, 6.45) is 6.72. The standard InChI is InChI=1S/C73H58N2/c1-49-45-54(50-17-8-6-9-18-50)19-16-44-74(58-20-10-7-11-21-58)71-43-34-55(46-66(49)71)51-26-35-59(36-27-51)75(60-37-28-52(29-38-60)56-32-41-64-62-22-12-14-24-67(62)72(2,3)69(64)47-56)61-39-30-53(31-40-61)57-33-42-65-63-23-13-15-25-68(63)73(4,5)70(65)48-57/h6-43,45-48H,1,44H2,2-5H3/b19-16-,54-45+. The van der Waals surface area contributed by atoms with Gasteiger partial charge in [0.05, 0.1) is 0 Å². The lowest BCUT2D eigenvalue weighted by atomic mass is 9.81. The van der Waals surface area contributed by atoms with Crippen LogP contribution in [0.1, 0.15) is 61.1 Å². The van der Waals surface area contributed by atoms with Gasteiger partial charge in [0.2, 0.25) is 0 Å². The van der Waals surface area contributed by atoms with Crippen LogP contribution in [0.2, 0.25) is 0 Å². The van der Waals surface area contributed by atoms with Crippen LogP contribution in [0.3, 0.4) is 0 Å². The van der Waals surface area contributed by atoms with Crippen molar-refractivity contribution in [3.05, 3.63) is 295 Å². The molecule has 2 nitrogen and oxygen atoms in total. The minimum Gasteiger partial charge on any atom is -0.337 e. The summed E-state index contributed by atoms with van der Waals surface area (Å²) in [5.74, 6) is 0. The topological polar surface area (TPSA) is 6.48 Å². The fourth-order valence-corrected chi connectivity index (χ4v) is 12.2. The molecule has 0 unspecified atom stereocenters. The number of hydrogen-bond donors (Lipinski definition) is 0. The number of benzene rings is 10. The fraction of sp³-hybridized carbons (Fsp3) is 0.0959. The largest absolute Gasteiger partial charge is 0.337 e. The summed E-state index contributed by atoms with van der Waals surface area (Å²) in [6.45, 7) is 14.8. The van der Waals surface area contributed by atoms with Crippen molar-refractivity contribution >= 4 is 39.6 Å². The van der Waals surface area contributed by atoms with Gasteiger partial charge in [-0.15, -0.1) is 0 Å². The van der Waals surface area contributed by atoms with E-state index in [2.05, 4.69) is 292 Å². The molecule has 0 atom stereocenters. The number of anilines is 5. The van der Waals surface area contributed by atoms with Crippen LogP contribution < -0.4 is 9.80 Å². The van der Waals surface area contributed by atoms with Crippen molar-refractivity contribution in [2.24, 2.45) is 0 Å². The van der Waals surface area contributed by atoms with Crippen molar-refractivity contribution in [2.75, 3.05) is 16.3 Å². The number of hydrogen-bond acceptors (Lipinski definition) is 2. The first-order valence-corrected chi connectivity index (χ1v) is 26.3. The van der Waals surface area contributed by atoms with E-state index in [0.29, 0.717) is 0 Å². The first-order chi connectivity index (χ1) is 36.6. The van der Waals surface area contributed by atoms with Gasteiger partial charge in [0, 0.05) is 51.4 Å². The van der Waals surface area contributed by atoms with Crippen molar-refractivity contribution in [2.45, 2.75) is 38.5 Å². The van der Waals surface area contributed by atoms with E-state index < -0.39 is 0 Å². The molecule has 360 valence electrons. The molecule has 0 bridgehead atoms. The molecule has 0 amide bonds. The van der Waals surface area contributed by atoms with E-state index in [9.17, 15) is 0 Å². The van der Waals surface area contributed by atoms with Crippen molar-refractivity contribution < 1.29 is 0 Å². The Hall–Kier alpha value is -8.98. The Kier molecular flexibility index (Phi) is 11.1. The van der Waals surface area contributed by atoms with Crippen LogP contribution in [0.15, 0.2) is 261 Å². The molecule has 0 saturated heterocycles. The number of nitrogens with zero attached hydrogens (tertiary/aromatic N) is 2. The third kappa shape index (κ3) is 7.97. The second kappa shape index (κ2) is 18.2. The van der Waals surface area contributed by atoms with Gasteiger partial charge < -0.3 is 9.80 Å². The van der Waals surface area contributed by atoms with E-state index in [4.69, 9.17) is 6.58 Å². The number of fused-ring (bicyclic) bond motifs is 7. The smallest absolute Gasteiger partial charge is 0.0493 e. The average Bonchev–Trinajstić information content (AvgIpc) is 3.88. The zero-order valence-electron chi connectivity index (χ0n) is 43.1. The maximum absolute atomic E-state index is 4.71. The molecule has 75 heavy (non-hydrogen) atoms. The van der Waals surface area contributed by atoms with Crippen LogP contribution in [0.4, 0.5) is 28.4 Å². The molecule has 1 heterocycles. The monoisotopic (exact) mass is 962 g/mol. The van der Waals surface area contributed by atoms with Crippen LogP contribution in [0.5, 0.6) is 0 Å². The molecule has 3 aliphatic rings. The molecule has 1 aliphatic heterocycles. The molecule has 10 aromatic rings. The summed E-state index contributed by atoms with van der Waals surface area (Å²) in [5.41, 5.74) is 27.8. The van der Waals surface area contributed by atoms with E-state index >= 15 is 0 Å². The van der Waals surface area contributed by atoms with Crippen molar-refractivity contribution in [1.82, 2.24) is 0 Å². The Balaban J connectivity index is 0.865. The number of allylic oxidation sites excluding steroid dienone is 4. The quantitative estimate of drug-likeness (QED) is 0.150. The van der Waals surface area contributed by atoms with Gasteiger partial charge in [0.15, 0.2) is 0 Å². The van der Waals surface area contributed by atoms with E-state index in [-0.39, 0.29) is 10.8 Å². The van der Waals surface area contributed by atoms with Crippen LogP contribution >= 0.6 is 0 Å². The molecule has 0 spiro atoms. The third-order valence-corrected chi connectivity index (χ3v) is 16.3. The Morgan fingerprint density at radius 2 is 0.787 bits per heavy atom. The zero-order valence-corrected chi connectivity index (χ0v) is 43.1. The van der Waals surface area contributed by atoms with Gasteiger partial charge in [0.1, 0.15) is 0 Å². The highest BCUT2D eigenvalue weighted by atomic mass is 15.1. The maximum Gasteiger partial charge on any atom is 0.0493 e. The number of rotatable bonds is 8. The third-order valence-electron chi connectivity index (χ3n) is 16.3. The van der Waals surface area contributed by atoms with E-state index in [1.807, 2.05) is 0 Å². The summed E-state index contributed by atoms with van der Waals surface area (Å²) in [7, 11) is 0. The molecular weight excluding hydrogens is 905 g/mol. The van der Waals surface area contributed by atoms with Gasteiger partial charge in [0.25, 0.3) is 0 Å². The predicted octanol–water partition coefficient (Wildman–Crippen LogP) is 19.6. The summed E-state index contributed by atoms with van der Waals surface area (Å²) >= 11 is 0. The van der Waals surface area contributed by atoms with Crippen molar-refractivity contribution in [1.29, 1.82) is 0 Å². The Morgan fingerprint density at radius 1 is 0.373 bits per heavy atom. The predicted molar refractivity (Wildman–Crippen MR) is 319 cm³/mol. The van der Waals surface area contributed by atoms with Crippen LogP contribution in [-0.2, 0) is 10.8 Å². The summed E-state index contributed by atoms with van der Waals surface area (Å²) in [5, 5.41) is 0. The zero-order chi connectivity index (χ0) is 50.8.